The summed E-state index contributed by atoms with van der Waals surface area (Å²) in [5.74, 6) is 0.368. The van der Waals surface area contributed by atoms with Crippen molar-refractivity contribution in [3.63, 3.8) is 0 Å². The van der Waals surface area contributed by atoms with E-state index >= 15 is 0 Å². The fraction of sp³-hybridized carbons (Fsp3) is 0.400. The highest BCUT2D eigenvalue weighted by Crippen LogP contribution is 2.20. The molecule has 0 saturated heterocycles. The second-order valence-electron chi connectivity index (χ2n) is 5.40. The lowest BCUT2D eigenvalue weighted by Crippen LogP contribution is -2.40. The number of carbonyl (C=O) groups excluding carboxylic acids is 1. The van der Waals surface area contributed by atoms with E-state index in [9.17, 15) is 4.79 Å². The molecule has 2 heterocycles. The molecule has 0 spiro atoms. The van der Waals surface area contributed by atoms with Gasteiger partial charge in [0.15, 0.2) is 11.5 Å². The van der Waals surface area contributed by atoms with Gasteiger partial charge in [-0.1, -0.05) is 5.16 Å². The molecule has 0 radical (unpaired) electrons. The molecule has 2 aromatic rings. The summed E-state index contributed by atoms with van der Waals surface area (Å²) in [7, 11) is 0. The van der Waals surface area contributed by atoms with Crippen LogP contribution in [0.4, 0.5) is 0 Å². The van der Waals surface area contributed by atoms with Crippen LogP contribution in [0.3, 0.4) is 0 Å². The Morgan fingerprint density at radius 3 is 2.48 bits per heavy atom. The first kappa shape index (κ1) is 19.4. The van der Waals surface area contributed by atoms with Crippen LogP contribution < -0.4 is 11.1 Å². The molecule has 6 nitrogen and oxygen atoms in total. The molecule has 0 aliphatic heterocycles. The van der Waals surface area contributed by atoms with Crippen LogP contribution in [0.1, 0.15) is 36.2 Å². The minimum absolute atomic E-state index is 0. The minimum Gasteiger partial charge on any atom is -0.355 e. The van der Waals surface area contributed by atoms with Crippen molar-refractivity contribution in [1.82, 2.24) is 15.5 Å². The number of hydrogen-bond donors (Lipinski definition) is 2. The summed E-state index contributed by atoms with van der Waals surface area (Å²) >= 11 is 0. The normalized spacial score (nSPS) is 20.0. The molecule has 1 amide bonds. The number of nitrogens with zero attached hydrogens (tertiary/aromatic N) is 2. The highest BCUT2D eigenvalue weighted by Gasteiger charge is 2.22. The topological polar surface area (TPSA) is 94.0 Å². The van der Waals surface area contributed by atoms with Crippen LogP contribution in [0, 0.1) is 0 Å². The van der Waals surface area contributed by atoms with Crippen LogP contribution in [0.25, 0.3) is 11.3 Å². The van der Waals surface area contributed by atoms with E-state index in [1.807, 2.05) is 12.1 Å². The molecular weight excluding hydrogens is 339 g/mol. The van der Waals surface area contributed by atoms with Crippen LogP contribution in [-0.2, 0) is 0 Å². The van der Waals surface area contributed by atoms with Gasteiger partial charge >= 0.3 is 0 Å². The molecule has 0 aromatic carbocycles. The third-order valence-electron chi connectivity index (χ3n) is 3.81. The molecule has 2 aromatic heterocycles. The van der Waals surface area contributed by atoms with Crippen molar-refractivity contribution in [2.24, 2.45) is 5.73 Å². The predicted molar refractivity (Wildman–Crippen MR) is 91.9 cm³/mol. The molecule has 1 aliphatic carbocycles. The molecule has 23 heavy (non-hydrogen) atoms. The smallest absolute Gasteiger partial charge is 0.273 e. The Labute approximate surface area is 147 Å². The lowest BCUT2D eigenvalue weighted by Gasteiger charge is -2.26. The average Bonchev–Trinajstić information content (AvgIpc) is 3.00. The monoisotopic (exact) mass is 358 g/mol. The maximum Gasteiger partial charge on any atom is 0.273 e. The van der Waals surface area contributed by atoms with E-state index in [0.717, 1.165) is 31.2 Å². The van der Waals surface area contributed by atoms with Crippen LogP contribution in [0.15, 0.2) is 35.1 Å². The standard InChI is InChI=1S/C15H18N4O2.2ClH/c16-11-1-3-12(4-2-11)18-15(20)13-9-14(21-19-13)10-5-7-17-8-6-10;;/h5-9,11-12H,1-4,16H2,(H,18,20);2*1H. The number of aromatic nitrogens is 2. The Kier molecular flexibility index (Phi) is 7.48. The van der Waals surface area contributed by atoms with Gasteiger partial charge in [0.05, 0.1) is 0 Å². The molecule has 3 N–H and O–H groups in total. The number of nitrogens with two attached hydrogens (primary N) is 1. The van der Waals surface area contributed by atoms with Gasteiger partial charge in [0.25, 0.3) is 5.91 Å². The number of nitrogens with one attached hydrogen (secondary N) is 1. The molecule has 1 fully saturated rings. The van der Waals surface area contributed by atoms with Crippen LogP contribution in [0.5, 0.6) is 0 Å². The first-order valence-corrected chi connectivity index (χ1v) is 7.16. The quantitative estimate of drug-likeness (QED) is 0.879. The van der Waals surface area contributed by atoms with Gasteiger partial charge in [-0.3, -0.25) is 9.78 Å². The largest absolute Gasteiger partial charge is 0.355 e. The molecule has 8 heteroatoms. The average molecular weight is 359 g/mol. The fourth-order valence-electron chi connectivity index (χ4n) is 2.56. The van der Waals surface area contributed by atoms with Crippen molar-refractivity contribution < 1.29 is 9.32 Å². The second kappa shape index (κ2) is 8.86. The SMILES string of the molecule is Cl.Cl.NC1CCC(NC(=O)c2cc(-c3ccncc3)on2)CC1. The first-order chi connectivity index (χ1) is 10.2. The third-order valence-corrected chi connectivity index (χ3v) is 3.81. The van der Waals surface area contributed by atoms with Gasteiger partial charge in [0.2, 0.25) is 0 Å². The van der Waals surface area contributed by atoms with Gasteiger partial charge in [-0.15, -0.1) is 24.8 Å². The van der Waals surface area contributed by atoms with E-state index in [2.05, 4.69) is 15.5 Å². The minimum atomic E-state index is -0.195. The number of amides is 1. The lowest BCUT2D eigenvalue weighted by molar-refractivity contribution is 0.0917. The Hall–Kier alpha value is -1.63. The number of carbonyl (C=O) groups is 1. The van der Waals surface area contributed by atoms with E-state index in [0.29, 0.717) is 11.5 Å². The molecule has 1 aliphatic rings. The maximum absolute atomic E-state index is 12.2. The van der Waals surface area contributed by atoms with Gasteiger partial charge < -0.3 is 15.6 Å². The van der Waals surface area contributed by atoms with Gasteiger partial charge in [0.1, 0.15) is 0 Å². The van der Waals surface area contributed by atoms with Gasteiger partial charge in [-0.05, 0) is 37.8 Å². The van der Waals surface area contributed by atoms with Crippen molar-refractivity contribution in [1.29, 1.82) is 0 Å². The number of hydrogen-bond acceptors (Lipinski definition) is 5. The fourth-order valence-corrected chi connectivity index (χ4v) is 2.56. The van der Waals surface area contributed by atoms with Crippen molar-refractivity contribution in [3.05, 3.63) is 36.3 Å². The Balaban J connectivity index is 0.00000132. The zero-order chi connectivity index (χ0) is 14.7. The van der Waals surface area contributed by atoms with E-state index < -0.39 is 0 Å². The molecule has 126 valence electrons. The molecule has 3 rings (SSSR count). The van der Waals surface area contributed by atoms with Crippen molar-refractivity contribution in [2.75, 3.05) is 0 Å². The molecule has 1 saturated carbocycles. The summed E-state index contributed by atoms with van der Waals surface area (Å²) in [4.78, 5) is 16.1. The van der Waals surface area contributed by atoms with E-state index in [-0.39, 0.29) is 42.8 Å². The van der Waals surface area contributed by atoms with E-state index in [4.69, 9.17) is 10.3 Å². The van der Waals surface area contributed by atoms with Crippen molar-refractivity contribution in [3.8, 4) is 11.3 Å². The highest BCUT2D eigenvalue weighted by atomic mass is 35.5. The lowest BCUT2D eigenvalue weighted by atomic mass is 9.92. The number of rotatable bonds is 3. The summed E-state index contributed by atoms with van der Waals surface area (Å²) in [6, 6.07) is 5.72. The van der Waals surface area contributed by atoms with Crippen molar-refractivity contribution in [2.45, 2.75) is 37.8 Å². The molecular formula is C15H20Cl2N4O2. The third kappa shape index (κ3) is 4.92. The molecule has 0 unspecified atom stereocenters. The number of pyridine rings is 1. The zero-order valence-electron chi connectivity index (χ0n) is 12.5. The molecule has 0 atom stereocenters. The van der Waals surface area contributed by atoms with Gasteiger partial charge in [-0.2, -0.15) is 0 Å². The predicted octanol–water partition coefficient (Wildman–Crippen LogP) is 2.58. The zero-order valence-corrected chi connectivity index (χ0v) is 14.1. The summed E-state index contributed by atoms with van der Waals surface area (Å²) in [6.07, 6.45) is 7.08. The maximum atomic E-state index is 12.2. The van der Waals surface area contributed by atoms with Crippen LogP contribution in [0.2, 0.25) is 0 Å². The molecule has 0 bridgehead atoms. The van der Waals surface area contributed by atoms with Gasteiger partial charge in [-0.25, -0.2) is 0 Å². The van der Waals surface area contributed by atoms with Crippen LogP contribution in [-0.4, -0.2) is 28.1 Å². The van der Waals surface area contributed by atoms with Crippen LogP contribution >= 0.6 is 24.8 Å². The number of halogens is 2. The van der Waals surface area contributed by atoms with E-state index in [1.165, 1.54) is 0 Å². The Morgan fingerprint density at radius 2 is 1.83 bits per heavy atom. The summed E-state index contributed by atoms with van der Waals surface area (Å²) in [5, 5.41) is 6.83. The van der Waals surface area contributed by atoms with Crippen molar-refractivity contribution >= 4 is 30.7 Å². The highest BCUT2D eigenvalue weighted by molar-refractivity contribution is 5.93. The summed E-state index contributed by atoms with van der Waals surface area (Å²) in [6.45, 7) is 0. The van der Waals surface area contributed by atoms with Gasteiger partial charge in [0, 0.05) is 36.1 Å². The Morgan fingerprint density at radius 1 is 1.17 bits per heavy atom. The second-order valence-corrected chi connectivity index (χ2v) is 5.40. The Bertz CT molecular complexity index is 613. The first-order valence-electron chi connectivity index (χ1n) is 7.16. The summed E-state index contributed by atoms with van der Waals surface area (Å²) in [5.41, 5.74) is 7.01. The van der Waals surface area contributed by atoms with E-state index in [1.54, 1.807) is 18.5 Å². The summed E-state index contributed by atoms with van der Waals surface area (Å²) < 4.78 is 5.22.